The van der Waals surface area contributed by atoms with E-state index in [1.165, 1.54) is 24.0 Å². The molecule has 2 aromatic rings. The molecule has 0 aliphatic heterocycles. The van der Waals surface area contributed by atoms with Crippen LogP contribution in [0.1, 0.15) is 24.1 Å². The van der Waals surface area contributed by atoms with Gasteiger partial charge in [0.2, 0.25) is 11.8 Å². The Hall–Kier alpha value is -2.73. The summed E-state index contributed by atoms with van der Waals surface area (Å²) < 4.78 is 18.1. The highest BCUT2D eigenvalue weighted by atomic mass is 19.1. The van der Waals surface area contributed by atoms with Crippen LogP contribution in [-0.2, 0) is 20.9 Å². The predicted molar refractivity (Wildman–Crippen MR) is 96.7 cm³/mol. The van der Waals surface area contributed by atoms with E-state index in [9.17, 15) is 14.0 Å². The Labute approximate surface area is 152 Å². The molecule has 0 aliphatic rings. The van der Waals surface area contributed by atoms with Crippen LogP contribution in [0.3, 0.4) is 0 Å². The second kappa shape index (κ2) is 9.68. The van der Waals surface area contributed by atoms with Crippen molar-refractivity contribution in [3.8, 4) is 0 Å². The Morgan fingerprint density at radius 2 is 1.77 bits per heavy atom. The Bertz CT molecular complexity index is 720. The predicted octanol–water partition coefficient (Wildman–Crippen LogP) is 2.68. The molecule has 2 aromatic carbocycles. The molecule has 1 N–H and O–H groups in total. The molecule has 0 saturated heterocycles. The van der Waals surface area contributed by atoms with Gasteiger partial charge in [-0.2, -0.15) is 0 Å². The second-order valence-corrected chi connectivity index (χ2v) is 5.87. The summed E-state index contributed by atoms with van der Waals surface area (Å²) in [6, 6.07) is 14.2. The molecule has 0 aromatic heterocycles. The summed E-state index contributed by atoms with van der Waals surface area (Å²) in [6.07, 6.45) is 0. The van der Waals surface area contributed by atoms with E-state index in [1.807, 2.05) is 18.2 Å². The zero-order chi connectivity index (χ0) is 18.9. The zero-order valence-electron chi connectivity index (χ0n) is 14.9. The summed E-state index contributed by atoms with van der Waals surface area (Å²) in [7, 11) is 1.55. The molecule has 0 unspecified atom stereocenters. The van der Waals surface area contributed by atoms with E-state index >= 15 is 0 Å². The van der Waals surface area contributed by atoms with Crippen molar-refractivity contribution in [3.05, 3.63) is 71.5 Å². The van der Waals surface area contributed by atoms with Gasteiger partial charge in [0.25, 0.3) is 0 Å². The highest BCUT2D eigenvalue weighted by Crippen LogP contribution is 2.23. The topological polar surface area (TPSA) is 58.6 Å². The Morgan fingerprint density at radius 3 is 2.35 bits per heavy atom. The summed E-state index contributed by atoms with van der Waals surface area (Å²) in [5.74, 6) is -0.879. The average molecular weight is 358 g/mol. The molecule has 0 radical (unpaired) electrons. The molecule has 0 heterocycles. The van der Waals surface area contributed by atoms with Gasteiger partial charge in [0, 0.05) is 27.1 Å². The third-order valence-corrected chi connectivity index (χ3v) is 3.95. The van der Waals surface area contributed by atoms with Crippen molar-refractivity contribution in [1.82, 2.24) is 10.2 Å². The van der Waals surface area contributed by atoms with Crippen molar-refractivity contribution in [2.75, 3.05) is 20.3 Å². The first-order valence-electron chi connectivity index (χ1n) is 8.36. The van der Waals surface area contributed by atoms with Crippen molar-refractivity contribution in [1.29, 1.82) is 0 Å². The van der Waals surface area contributed by atoms with Crippen LogP contribution in [0.5, 0.6) is 0 Å². The molecule has 138 valence electrons. The van der Waals surface area contributed by atoms with Gasteiger partial charge in [0.1, 0.15) is 11.9 Å². The number of nitrogens with one attached hydrogen (secondary N) is 1. The maximum Gasteiger partial charge on any atom is 0.247 e. The number of hydrogen-bond donors (Lipinski definition) is 1. The van der Waals surface area contributed by atoms with Crippen molar-refractivity contribution in [2.24, 2.45) is 0 Å². The molecule has 5 nitrogen and oxygen atoms in total. The van der Waals surface area contributed by atoms with Gasteiger partial charge in [-0.15, -0.1) is 0 Å². The highest BCUT2D eigenvalue weighted by Gasteiger charge is 2.29. The van der Waals surface area contributed by atoms with Crippen LogP contribution in [0.15, 0.2) is 54.6 Å². The smallest absolute Gasteiger partial charge is 0.247 e. The second-order valence-electron chi connectivity index (χ2n) is 5.87. The van der Waals surface area contributed by atoms with E-state index in [-0.39, 0.29) is 24.2 Å². The fraction of sp³-hybridized carbons (Fsp3) is 0.300. The van der Waals surface area contributed by atoms with Gasteiger partial charge < -0.3 is 15.0 Å². The standard InChI is InChI=1S/C20H23FN2O3/c1-15(24)23(14-16-8-10-18(21)11-9-16)19(17-6-4-3-5-7-17)20(25)22-12-13-26-2/h3-11,19H,12-14H2,1-2H3,(H,22,25)/t19-/m0/s1. The van der Waals surface area contributed by atoms with Gasteiger partial charge in [0.05, 0.1) is 6.61 Å². The van der Waals surface area contributed by atoms with Crippen LogP contribution in [0.2, 0.25) is 0 Å². The van der Waals surface area contributed by atoms with Gasteiger partial charge in [-0.1, -0.05) is 42.5 Å². The number of benzene rings is 2. The molecule has 0 fully saturated rings. The number of halogens is 1. The largest absolute Gasteiger partial charge is 0.383 e. The van der Waals surface area contributed by atoms with E-state index in [4.69, 9.17) is 4.74 Å². The van der Waals surface area contributed by atoms with E-state index in [1.54, 1.807) is 31.4 Å². The van der Waals surface area contributed by atoms with Gasteiger partial charge >= 0.3 is 0 Å². The lowest BCUT2D eigenvalue weighted by atomic mass is 10.0. The SMILES string of the molecule is COCCNC(=O)[C@H](c1ccccc1)N(Cc1ccc(F)cc1)C(C)=O. The number of methoxy groups -OCH3 is 1. The number of amides is 2. The summed E-state index contributed by atoms with van der Waals surface area (Å²) in [5.41, 5.74) is 1.45. The number of rotatable bonds is 8. The number of ether oxygens (including phenoxy) is 1. The molecule has 0 aliphatic carbocycles. The maximum absolute atomic E-state index is 13.2. The summed E-state index contributed by atoms with van der Waals surface area (Å²) in [6.45, 7) is 2.35. The van der Waals surface area contributed by atoms with E-state index in [0.29, 0.717) is 18.7 Å². The molecule has 0 saturated carbocycles. The first-order valence-corrected chi connectivity index (χ1v) is 8.36. The Kier molecular flexibility index (Phi) is 7.29. The number of carbonyl (C=O) groups is 2. The monoisotopic (exact) mass is 358 g/mol. The van der Waals surface area contributed by atoms with E-state index in [0.717, 1.165) is 5.56 Å². The van der Waals surface area contributed by atoms with Crippen LogP contribution in [0.25, 0.3) is 0 Å². The molecule has 0 spiro atoms. The van der Waals surface area contributed by atoms with Gasteiger partial charge in [-0.3, -0.25) is 9.59 Å². The Morgan fingerprint density at radius 1 is 1.12 bits per heavy atom. The van der Waals surface area contributed by atoms with Crippen molar-refractivity contribution < 1.29 is 18.7 Å². The molecule has 6 heteroatoms. The fourth-order valence-corrected chi connectivity index (χ4v) is 2.65. The Balaban J connectivity index is 2.30. The third-order valence-electron chi connectivity index (χ3n) is 3.95. The summed E-state index contributed by atoms with van der Waals surface area (Å²) in [4.78, 5) is 26.6. The average Bonchev–Trinajstić information content (AvgIpc) is 2.64. The third kappa shape index (κ3) is 5.39. The lowest BCUT2D eigenvalue weighted by Gasteiger charge is -2.30. The zero-order valence-corrected chi connectivity index (χ0v) is 14.9. The first kappa shape index (κ1) is 19.6. The minimum atomic E-state index is -0.782. The van der Waals surface area contributed by atoms with E-state index < -0.39 is 6.04 Å². The van der Waals surface area contributed by atoms with Crippen molar-refractivity contribution in [2.45, 2.75) is 19.5 Å². The summed E-state index contributed by atoms with van der Waals surface area (Å²) in [5, 5.41) is 2.79. The van der Waals surface area contributed by atoms with Gasteiger partial charge in [-0.05, 0) is 23.3 Å². The van der Waals surface area contributed by atoms with E-state index in [2.05, 4.69) is 5.32 Å². The molecule has 0 bridgehead atoms. The number of nitrogens with zero attached hydrogens (tertiary/aromatic N) is 1. The lowest BCUT2D eigenvalue weighted by molar-refractivity contribution is -0.140. The first-order chi connectivity index (χ1) is 12.5. The maximum atomic E-state index is 13.2. The van der Waals surface area contributed by atoms with Crippen molar-refractivity contribution in [3.63, 3.8) is 0 Å². The van der Waals surface area contributed by atoms with Crippen LogP contribution in [0.4, 0.5) is 4.39 Å². The summed E-state index contributed by atoms with van der Waals surface area (Å²) >= 11 is 0. The molecule has 26 heavy (non-hydrogen) atoms. The normalized spacial score (nSPS) is 11.7. The number of carbonyl (C=O) groups excluding carboxylic acids is 2. The lowest BCUT2D eigenvalue weighted by Crippen LogP contribution is -2.43. The van der Waals surface area contributed by atoms with Crippen LogP contribution >= 0.6 is 0 Å². The molecular formula is C20H23FN2O3. The van der Waals surface area contributed by atoms with Gasteiger partial charge in [-0.25, -0.2) is 4.39 Å². The molecular weight excluding hydrogens is 335 g/mol. The van der Waals surface area contributed by atoms with Crippen LogP contribution in [-0.4, -0.2) is 37.0 Å². The molecule has 1 atom stereocenters. The minimum Gasteiger partial charge on any atom is -0.383 e. The minimum absolute atomic E-state index is 0.201. The molecule has 2 amide bonds. The van der Waals surface area contributed by atoms with Crippen molar-refractivity contribution >= 4 is 11.8 Å². The van der Waals surface area contributed by atoms with Crippen LogP contribution < -0.4 is 5.32 Å². The van der Waals surface area contributed by atoms with Crippen LogP contribution in [0, 0.1) is 5.82 Å². The quantitative estimate of drug-likeness (QED) is 0.738. The number of hydrogen-bond acceptors (Lipinski definition) is 3. The fourth-order valence-electron chi connectivity index (χ4n) is 2.65. The molecule has 2 rings (SSSR count). The highest BCUT2D eigenvalue weighted by molar-refractivity contribution is 5.88. The van der Waals surface area contributed by atoms with Gasteiger partial charge in [0.15, 0.2) is 0 Å².